The quantitative estimate of drug-likeness (QED) is 0.232. The summed E-state index contributed by atoms with van der Waals surface area (Å²) in [7, 11) is 0. The molecule has 0 atom stereocenters. The number of esters is 1. The molecule has 0 spiro atoms. The topological polar surface area (TPSA) is 68.3 Å². The number of carbonyl (C=O) groups is 2. The van der Waals surface area contributed by atoms with Gasteiger partial charge in [-0.15, -0.1) is 11.3 Å². The van der Waals surface area contributed by atoms with Crippen LogP contribution in [-0.2, 0) is 17.6 Å². The van der Waals surface area contributed by atoms with Crippen molar-refractivity contribution in [2.45, 2.75) is 52.9 Å². The molecule has 1 aliphatic carbocycles. The first-order chi connectivity index (χ1) is 17.5. The fourth-order valence-corrected chi connectivity index (χ4v) is 6.30. The molecule has 1 aliphatic rings. The molecule has 2 heterocycles. The van der Waals surface area contributed by atoms with E-state index in [1.54, 1.807) is 6.92 Å². The van der Waals surface area contributed by atoms with Crippen LogP contribution >= 0.6 is 11.3 Å². The number of carbonyl (C=O) groups excluding carboxylic acids is 2. The van der Waals surface area contributed by atoms with Crippen molar-refractivity contribution in [2.24, 2.45) is 0 Å². The molecule has 0 unspecified atom stereocenters. The summed E-state index contributed by atoms with van der Waals surface area (Å²) < 4.78 is 5.40. The highest BCUT2D eigenvalue weighted by Crippen LogP contribution is 2.38. The maximum Gasteiger partial charge on any atom is 0.341 e. The largest absolute Gasteiger partial charge is 0.462 e. The van der Waals surface area contributed by atoms with Crippen molar-refractivity contribution >= 4 is 39.1 Å². The molecule has 5 nitrogen and oxygen atoms in total. The van der Waals surface area contributed by atoms with Gasteiger partial charge in [-0.2, -0.15) is 0 Å². The normalized spacial score (nSPS) is 13.2. The molecule has 36 heavy (non-hydrogen) atoms. The molecular formula is C30H30N2O3S. The van der Waals surface area contributed by atoms with Crippen LogP contribution in [0.4, 0.5) is 5.00 Å². The number of ether oxygens (including phenoxy) is 1. The van der Waals surface area contributed by atoms with E-state index in [0.29, 0.717) is 22.7 Å². The lowest BCUT2D eigenvalue weighted by Crippen LogP contribution is -2.16. The molecule has 0 saturated carbocycles. The van der Waals surface area contributed by atoms with E-state index < -0.39 is 0 Å². The van der Waals surface area contributed by atoms with Crippen LogP contribution in [0.15, 0.2) is 48.5 Å². The molecule has 5 rings (SSSR count). The zero-order valence-corrected chi connectivity index (χ0v) is 21.8. The van der Waals surface area contributed by atoms with E-state index >= 15 is 0 Å². The number of nitrogens with one attached hydrogen (secondary N) is 1. The lowest BCUT2D eigenvalue weighted by Gasteiger charge is -2.13. The van der Waals surface area contributed by atoms with Gasteiger partial charge in [-0.1, -0.05) is 48.4 Å². The standard InChI is InChI=1S/C30H30N2O3S/c1-4-35-30(34)27-22-11-6-5-7-13-26(22)36-29(27)32-28(33)23-17-25(20-15-14-18(2)16-19(20)3)31-24-12-9-8-10-21(23)24/h8-10,12,14-17H,4-7,11,13H2,1-3H3,(H,32,33). The molecule has 2 aromatic heterocycles. The minimum absolute atomic E-state index is 0.249. The van der Waals surface area contributed by atoms with Gasteiger partial charge < -0.3 is 10.1 Å². The molecule has 2 aromatic carbocycles. The lowest BCUT2D eigenvalue weighted by molar-refractivity contribution is 0.0527. The van der Waals surface area contributed by atoms with Crippen LogP contribution in [0.25, 0.3) is 22.2 Å². The summed E-state index contributed by atoms with van der Waals surface area (Å²) in [5, 5.41) is 4.45. The van der Waals surface area contributed by atoms with Crippen molar-refractivity contribution in [3.05, 3.63) is 81.2 Å². The number of aryl methyl sites for hydroxylation is 3. The van der Waals surface area contributed by atoms with Crippen LogP contribution in [0.5, 0.6) is 0 Å². The predicted octanol–water partition coefficient (Wildman–Crippen LogP) is 7.28. The Morgan fingerprint density at radius 1 is 1.03 bits per heavy atom. The van der Waals surface area contributed by atoms with E-state index in [4.69, 9.17) is 9.72 Å². The number of nitrogens with zero attached hydrogens (tertiary/aromatic N) is 1. The van der Waals surface area contributed by atoms with Gasteiger partial charge in [-0.25, -0.2) is 9.78 Å². The molecule has 6 heteroatoms. The molecule has 0 bridgehead atoms. The van der Waals surface area contributed by atoms with Crippen LogP contribution in [-0.4, -0.2) is 23.5 Å². The molecule has 0 aliphatic heterocycles. The van der Waals surface area contributed by atoms with E-state index in [1.165, 1.54) is 21.8 Å². The highest BCUT2D eigenvalue weighted by atomic mass is 32.1. The Labute approximate surface area is 215 Å². The smallest absolute Gasteiger partial charge is 0.341 e. The number of hydrogen-bond acceptors (Lipinski definition) is 5. The summed E-state index contributed by atoms with van der Waals surface area (Å²) in [4.78, 5) is 32.8. The number of aromatic nitrogens is 1. The van der Waals surface area contributed by atoms with Gasteiger partial charge >= 0.3 is 5.97 Å². The Morgan fingerprint density at radius 2 is 1.83 bits per heavy atom. The highest BCUT2D eigenvalue weighted by Gasteiger charge is 2.27. The lowest BCUT2D eigenvalue weighted by atomic mass is 9.99. The Morgan fingerprint density at radius 3 is 2.64 bits per heavy atom. The fourth-order valence-electron chi connectivity index (χ4n) is 5.02. The van der Waals surface area contributed by atoms with Crippen molar-refractivity contribution < 1.29 is 14.3 Å². The number of para-hydroxylation sites is 1. The average molecular weight is 499 g/mol. The zero-order valence-electron chi connectivity index (χ0n) is 20.9. The number of hydrogen-bond donors (Lipinski definition) is 1. The van der Waals surface area contributed by atoms with E-state index in [2.05, 4.69) is 37.4 Å². The number of pyridine rings is 1. The highest BCUT2D eigenvalue weighted by molar-refractivity contribution is 7.17. The van der Waals surface area contributed by atoms with Gasteiger partial charge in [-0.05, 0) is 69.7 Å². The van der Waals surface area contributed by atoms with E-state index in [9.17, 15) is 9.59 Å². The SMILES string of the molecule is CCOC(=O)c1c(NC(=O)c2cc(-c3ccc(C)cc3C)nc3ccccc23)sc2c1CCCCC2. The van der Waals surface area contributed by atoms with E-state index in [1.807, 2.05) is 30.3 Å². The third kappa shape index (κ3) is 4.65. The average Bonchev–Trinajstić information content (AvgIpc) is 3.03. The molecular weight excluding hydrogens is 468 g/mol. The summed E-state index contributed by atoms with van der Waals surface area (Å²) in [6.45, 7) is 6.22. The number of anilines is 1. The maximum atomic E-state index is 13.8. The van der Waals surface area contributed by atoms with Crippen LogP contribution in [0, 0.1) is 13.8 Å². The molecule has 4 aromatic rings. The molecule has 0 saturated heterocycles. The monoisotopic (exact) mass is 498 g/mol. The number of rotatable bonds is 5. The van der Waals surface area contributed by atoms with Gasteiger partial charge in [0.1, 0.15) is 5.00 Å². The molecule has 0 fully saturated rings. The summed E-state index contributed by atoms with van der Waals surface area (Å²) in [5.41, 5.74) is 6.90. The van der Waals surface area contributed by atoms with Crippen LogP contribution < -0.4 is 5.32 Å². The fraction of sp³-hybridized carbons (Fsp3) is 0.300. The van der Waals surface area contributed by atoms with Gasteiger partial charge in [0.25, 0.3) is 5.91 Å². The molecule has 0 radical (unpaired) electrons. The van der Waals surface area contributed by atoms with Crippen LogP contribution in [0.3, 0.4) is 0 Å². The van der Waals surface area contributed by atoms with Crippen molar-refractivity contribution in [3.63, 3.8) is 0 Å². The summed E-state index contributed by atoms with van der Waals surface area (Å²) in [5.74, 6) is -0.607. The summed E-state index contributed by atoms with van der Waals surface area (Å²) >= 11 is 1.51. The van der Waals surface area contributed by atoms with Crippen LogP contribution in [0.2, 0.25) is 0 Å². The van der Waals surface area contributed by atoms with Crippen molar-refractivity contribution in [1.82, 2.24) is 4.98 Å². The van der Waals surface area contributed by atoms with E-state index in [-0.39, 0.29) is 11.9 Å². The first kappa shape index (κ1) is 24.2. The zero-order chi connectivity index (χ0) is 25.2. The van der Waals surface area contributed by atoms with Gasteiger partial charge in [0.15, 0.2) is 0 Å². The van der Waals surface area contributed by atoms with E-state index in [0.717, 1.165) is 65.4 Å². The molecule has 184 valence electrons. The number of benzene rings is 2. The van der Waals surface area contributed by atoms with Crippen molar-refractivity contribution in [2.75, 3.05) is 11.9 Å². The number of fused-ring (bicyclic) bond motifs is 2. The van der Waals surface area contributed by atoms with Crippen molar-refractivity contribution in [1.29, 1.82) is 0 Å². The predicted molar refractivity (Wildman–Crippen MR) is 146 cm³/mol. The minimum atomic E-state index is -0.359. The Hall–Kier alpha value is -3.51. The minimum Gasteiger partial charge on any atom is -0.462 e. The maximum absolute atomic E-state index is 13.8. The molecule has 1 N–H and O–H groups in total. The Bertz CT molecular complexity index is 1470. The Balaban J connectivity index is 1.59. The number of thiophene rings is 1. The first-order valence-corrected chi connectivity index (χ1v) is 13.4. The number of amides is 1. The van der Waals surface area contributed by atoms with Crippen LogP contribution in [0.1, 0.15) is 68.5 Å². The third-order valence-corrected chi connectivity index (χ3v) is 7.95. The summed E-state index contributed by atoms with van der Waals surface area (Å²) in [6.07, 6.45) is 5.05. The molecule has 1 amide bonds. The second-order valence-corrected chi connectivity index (χ2v) is 10.4. The second-order valence-electron chi connectivity index (χ2n) is 9.33. The summed E-state index contributed by atoms with van der Waals surface area (Å²) in [6, 6.07) is 15.8. The van der Waals surface area contributed by atoms with Gasteiger partial charge in [0, 0.05) is 15.8 Å². The Kier molecular flexibility index (Phi) is 6.88. The third-order valence-electron chi connectivity index (χ3n) is 6.75. The first-order valence-electron chi connectivity index (χ1n) is 12.6. The van der Waals surface area contributed by atoms with Gasteiger partial charge in [0.05, 0.1) is 28.9 Å². The van der Waals surface area contributed by atoms with Gasteiger partial charge in [0.2, 0.25) is 0 Å². The second kappa shape index (κ2) is 10.2. The van der Waals surface area contributed by atoms with Gasteiger partial charge in [-0.3, -0.25) is 4.79 Å². The van der Waals surface area contributed by atoms with Crippen molar-refractivity contribution in [3.8, 4) is 11.3 Å².